The number of hydrogen-bond acceptors (Lipinski definition) is 4. The number of amides is 1. The van der Waals surface area contributed by atoms with Crippen LogP contribution in [-0.2, 0) is 4.79 Å². The minimum Gasteiger partial charge on any atom is -0.493 e. The molecule has 0 saturated carbocycles. The van der Waals surface area contributed by atoms with Crippen LogP contribution in [0.15, 0.2) is 58.4 Å². The highest BCUT2D eigenvalue weighted by Gasteiger charge is 2.30. The summed E-state index contributed by atoms with van der Waals surface area (Å²) in [4.78, 5) is 19.5. The molecule has 2 aromatic carbocycles. The van der Waals surface area contributed by atoms with E-state index >= 15 is 0 Å². The third-order valence-corrected chi connectivity index (χ3v) is 5.06. The molecule has 4 nitrogen and oxygen atoms in total. The lowest BCUT2D eigenvalue weighted by Crippen LogP contribution is -2.23. The molecular weight excluding hydrogens is 344 g/mol. The molecule has 1 aliphatic heterocycles. The molecule has 0 radical (unpaired) electrons. The second-order valence-corrected chi connectivity index (χ2v) is 7.05. The van der Waals surface area contributed by atoms with Crippen molar-refractivity contribution in [2.75, 3.05) is 13.7 Å². The highest BCUT2D eigenvalue weighted by Crippen LogP contribution is 2.35. The molecule has 1 saturated heterocycles. The number of amidine groups is 1. The molecule has 0 aliphatic carbocycles. The van der Waals surface area contributed by atoms with E-state index in [1.807, 2.05) is 61.5 Å². The Bertz CT molecular complexity index is 874. The number of likely N-dealkylation sites (N-methyl/N-ethyl adjacent to an activating group) is 1. The smallest absolute Gasteiger partial charge is 0.266 e. The van der Waals surface area contributed by atoms with E-state index < -0.39 is 0 Å². The van der Waals surface area contributed by atoms with E-state index in [1.165, 1.54) is 11.8 Å². The zero-order chi connectivity index (χ0) is 18.5. The van der Waals surface area contributed by atoms with Gasteiger partial charge in [-0.2, -0.15) is 0 Å². The Balaban J connectivity index is 1.90. The molecule has 0 aromatic heterocycles. The fourth-order valence-corrected chi connectivity index (χ4v) is 3.50. The van der Waals surface area contributed by atoms with Gasteiger partial charge in [-0.1, -0.05) is 43.3 Å². The second-order valence-electron chi connectivity index (χ2n) is 6.04. The van der Waals surface area contributed by atoms with Crippen molar-refractivity contribution in [2.24, 2.45) is 4.99 Å². The zero-order valence-electron chi connectivity index (χ0n) is 15.2. The molecule has 134 valence electrons. The Hall–Kier alpha value is -2.53. The largest absolute Gasteiger partial charge is 0.493 e. The number of hydrogen-bond donors (Lipinski definition) is 0. The molecule has 1 amide bonds. The van der Waals surface area contributed by atoms with Crippen LogP contribution < -0.4 is 4.74 Å². The predicted octanol–water partition coefficient (Wildman–Crippen LogP) is 5.02. The van der Waals surface area contributed by atoms with Crippen LogP contribution in [0.25, 0.3) is 6.08 Å². The maximum absolute atomic E-state index is 12.6. The van der Waals surface area contributed by atoms with Crippen molar-refractivity contribution < 1.29 is 9.53 Å². The van der Waals surface area contributed by atoms with Gasteiger partial charge in [0.25, 0.3) is 5.91 Å². The van der Waals surface area contributed by atoms with Crippen molar-refractivity contribution >= 4 is 34.6 Å². The molecule has 0 spiro atoms. The van der Waals surface area contributed by atoms with Gasteiger partial charge in [-0.3, -0.25) is 9.69 Å². The highest BCUT2D eigenvalue weighted by atomic mass is 32.2. The standard InChI is InChI=1S/C21H22N2O2S/c1-4-13-25-18-12-8-6-10-16(18)14-19-20(24)23(3)21(26-19)22-17-11-7-5-9-15(17)2/h5-12,14H,4,13H2,1-3H3/b19-14+,22-21?. The zero-order valence-corrected chi connectivity index (χ0v) is 16.0. The van der Waals surface area contributed by atoms with E-state index in [0.29, 0.717) is 16.7 Å². The van der Waals surface area contributed by atoms with E-state index in [2.05, 4.69) is 11.9 Å². The number of aryl methyl sites for hydroxylation is 1. The summed E-state index contributed by atoms with van der Waals surface area (Å²) in [6, 6.07) is 15.7. The highest BCUT2D eigenvalue weighted by molar-refractivity contribution is 8.18. The van der Waals surface area contributed by atoms with Gasteiger partial charge in [-0.25, -0.2) is 4.99 Å². The normalized spacial score (nSPS) is 17.3. The van der Waals surface area contributed by atoms with Gasteiger partial charge < -0.3 is 4.74 Å². The van der Waals surface area contributed by atoms with E-state index in [-0.39, 0.29) is 5.91 Å². The summed E-state index contributed by atoms with van der Waals surface area (Å²) in [6.45, 7) is 4.74. The maximum Gasteiger partial charge on any atom is 0.266 e. The minimum atomic E-state index is -0.0485. The van der Waals surface area contributed by atoms with Crippen LogP contribution in [0.5, 0.6) is 5.75 Å². The number of carbonyl (C=O) groups excluding carboxylic acids is 1. The lowest BCUT2D eigenvalue weighted by atomic mass is 10.2. The van der Waals surface area contributed by atoms with Gasteiger partial charge >= 0.3 is 0 Å². The van der Waals surface area contributed by atoms with E-state index in [4.69, 9.17) is 4.74 Å². The van der Waals surface area contributed by atoms with Gasteiger partial charge in [0.05, 0.1) is 17.2 Å². The molecule has 5 heteroatoms. The predicted molar refractivity (Wildman–Crippen MR) is 109 cm³/mol. The van der Waals surface area contributed by atoms with E-state index in [0.717, 1.165) is 29.0 Å². The van der Waals surface area contributed by atoms with Crippen LogP contribution in [0.3, 0.4) is 0 Å². The quantitative estimate of drug-likeness (QED) is 0.698. The van der Waals surface area contributed by atoms with E-state index in [9.17, 15) is 4.79 Å². The third kappa shape index (κ3) is 3.99. The van der Waals surface area contributed by atoms with Crippen molar-refractivity contribution in [1.82, 2.24) is 4.90 Å². The van der Waals surface area contributed by atoms with Crippen LogP contribution in [0, 0.1) is 6.92 Å². The average molecular weight is 366 g/mol. The molecule has 0 N–H and O–H groups in total. The van der Waals surface area contributed by atoms with Crippen LogP contribution in [0.2, 0.25) is 0 Å². The molecular formula is C21H22N2O2S. The summed E-state index contributed by atoms with van der Waals surface area (Å²) in [7, 11) is 1.76. The topological polar surface area (TPSA) is 41.9 Å². The van der Waals surface area contributed by atoms with Gasteiger partial charge in [0, 0.05) is 12.6 Å². The Morgan fingerprint density at radius 2 is 1.88 bits per heavy atom. The van der Waals surface area contributed by atoms with Crippen molar-refractivity contribution in [3.05, 3.63) is 64.6 Å². The first-order chi connectivity index (χ1) is 12.6. The number of aliphatic imine (C=N–C) groups is 1. The fraction of sp³-hybridized carbons (Fsp3) is 0.238. The van der Waals surface area contributed by atoms with Crippen LogP contribution in [0.1, 0.15) is 24.5 Å². The minimum absolute atomic E-state index is 0.0485. The third-order valence-electron chi connectivity index (χ3n) is 4.00. The summed E-state index contributed by atoms with van der Waals surface area (Å²) in [5.41, 5.74) is 2.86. The maximum atomic E-state index is 12.6. The summed E-state index contributed by atoms with van der Waals surface area (Å²) in [5, 5.41) is 0.683. The molecule has 0 unspecified atom stereocenters. The Morgan fingerprint density at radius 3 is 2.65 bits per heavy atom. The summed E-state index contributed by atoms with van der Waals surface area (Å²) in [6.07, 6.45) is 2.82. The number of para-hydroxylation sites is 2. The molecule has 1 fully saturated rings. The van der Waals surface area contributed by atoms with Gasteiger partial charge in [0.2, 0.25) is 0 Å². The van der Waals surface area contributed by atoms with Crippen molar-refractivity contribution in [3.63, 3.8) is 0 Å². The molecule has 3 rings (SSSR count). The Kier molecular flexibility index (Phi) is 5.78. The van der Waals surface area contributed by atoms with Crippen molar-refractivity contribution in [3.8, 4) is 5.75 Å². The Labute approximate surface area is 158 Å². The number of ether oxygens (including phenoxy) is 1. The molecule has 1 aliphatic rings. The number of rotatable bonds is 5. The first-order valence-corrected chi connectivity index (χ1v) is 9.45. The molecule has 26 heavy (non-hydrogen) atoms. The molecule has 0 atom stereocenters. The van der Waals surface area contributed by atoms with Crippen molar-refractivity contribution in [1.29, 1.82) is 0 Å². The number of carbonyl (C=O) groups is 1. The van der Waals surface area contributed by atoms with Gasteiger partial charge in [0.1, 0.15) is 5.75 Å². The van der Waals surface area contributed by atoms with Crippen LogP contribution >= 0.6 is 11.8 Å². The lowest BCUT2D eigenvalue weighted by Gasteiger charge is -2.08. The van der Waals surface area contributed by atoms with Crippen LogP contribution in [-0.4, -0.2) is 29.6 Å². The van der Waals surface area contributed by atoms with Gasteiger partial charge in [-0.05, 0) is 48.9 Å². The van der Waals surface area contributed by atoms with Crippen LogP contribution in [0.4, 0.5) is 5.69 Å². The van der Waals surface area contributed by atoms with Crippen molar-refractivity contribution in [2.45, 2.75) is 20.3 Å². The number of nitrogens with zero attached hydrogens (tertiary/aromatic N) is 2. The first kappa shape index (κ1) is 18.3. The number of benzene rings is 2. The first-order valence-electron chi connectivity index (χ1n) is 8.64. The summed E-state index contributed by atoms with van der Waals surface area (Å²) in [5.74, 6) is 0.745. The van der Waals surface area contributed by atoms with Gasteiger partial charge in [-0.15, -0.1) is 0 Å². The summed E-state index contributed by atoms with van der Waals surface area (Å²) >= 11 is 1.39. The number of thioether (sulfide) groups is 1. The molecule has 2 aromatic rings. The summed E-state index contributed by atoms with van der Waals surface area (Å²) < 4.78 is 5.79. The Morgan fingerprint density at radius 1 is 1.15 bits per heavy atom. The SMILES string of the molecule is CCCOc1ccccc1/C=C1/SC(=Nc2ccccc2C)N(C)C1=O. The molecule has 1 heterocycles. The monoisotopic (exact) mass is 366 g/mol. The van der Waals surface area contributed by atoms with Gasteiger partial charge in [0.15, 0.2) is 5.17 Å². The lowest BCUT2D eigenvalue weighted by molar-refractivity contribution is -0.121. The fourth-order valence-electron chi connectivity index (χ4n) is 2.53. The second kappa shape index (κ2) is 8.23. The average Bonchev–Trinajstić information content (AvgIpc) is 2.91. The van der Waals surface area contributed by atoms with E-state index in [1.54, 1.807) is 11.9 Å². The molecule has 0 bridgehead atoms.